The fourth-order valence-corrected chi connectivity index (χ4v) is 4.83. The summed E-state index contributed by atoms with van der Waals surface area (Å²) in [4.78, 5) is 14.1. The number of benzene rings is 1. The van der Waals surface area contributed by atoms with Crippen molar-refractivity contribution in [3.05, 3.63) is 29.8 Å². The predicted octanol–water partition coefficient (Wildman–Crippen LogP) is 1.07. The highest BCUT2D eigenvalue weighted by molar-refractivity contribution is 7.89. The van der Waals surface area contributed by atoms with Gasteiger partial charge in [0.15, 0.2) is 0 Å². The largest absolute Gasteiger partial charge is 0.395 e. The first-order chi connectivity index (χ1) is 11.0. The zero-order chi connectivity index (χ0) is 16.4. The second-order valence-electron chi connectivity index (χ2n) is 6.12. The van der Waals surface area contributed by atoms with E-state index in [2.05, 4.69) is 0 Å². The third kappa shape index (κ3) is 3.13. The number of aliphatic hydroxyl groups is 1. The first kappa shape index (κ1) is 16.4. The first-order valence-corrected chi connectivity index (χ1v) is 9.50. The van der Waals surface area contributed by atoms with Gasteiger partial charge >= 0.3 is 0 Å². The number of hydrogen-bond acceptors (Lipinski definition) is 4. The highest BCUT2D eigenvalue weighted by Crippen LogP contribution is 2.26. The second kappa shape index (κ2) is 6.59. The van der Waals surface area contributed by atoms with Crippen molar-refractivity contribution in [1.82, 2.24) is 9.21 Å². The summed E-state index contributed by atoms with van der Waals surface area (Å²) in [6, 6.07) is 5.87. The molecular formula is C16H22N2O4S. The molecule has 1 aromatic carbocycles. The van der Waals surface area contributed by atoms with Crippen molar-refractivity contribution in [3.63, 3.8) is 0 Å². The van der Waals surface area contributed by atoms with E-state index in [1.54, 1.807) is 17.0 Å². The molecule has 23 heavy (non-hydrogen) atoms. The topological polar surface area (TPSA) is 77.9 Å². The molecule has 0 bridgehead atoms. The van der Waals surface area contributed by atoms with Crippen LogP contribution in [0.15, 0.2) is 29.2 Å². The lowest BCUT2D eigenvalue weighted by Gasteiger charge is -2.34. The molecule has 0 spiro atoms. The van der Waals surface area contributed by atoms with Gasteiger partial charge in [-0.3, -0.25) is 4.79 Å². The summed E-state index contributed by atoms with van der Waals surface area (Å²) in [7, 11) is -3.69. The Morgan fingerprint density at radius 1 is 1.17 bits per heavy atom. The Morgan fingerprint density at radius 3 is 2.61 bits per heavy atom. The molecule has 2 fully saturated rings. The van der Waals surface area contributed by atoms with Crippen molar-refractivity contribution in [2.24, 2.45) is 0 Å². The molecule has 3 rings (SSSR count). The summed E-state index contributed by atoms with van der Waals surface area (Å²) >= 11 is 0. The summed E-state index contributed by atoms with van der Waals surface area (Å²) in [5, 5.41) is 9.46. The second-order valence-corrected chi connectivity index (χ2v) is 8.01. The maximum Gasteiger partial charge on any atom is 0.253 e. The number of nitrogens with zero attached hydrogens (tertiary/aromatic N) is 2. The Labute approximate surface area is 136 Å². The van der Waals surface area contributed by atoms with E-state index in [-0.39, 0.29) is 23.5 Å². The van der Waals surface area contributed by atoms with Crippen LogP contribution in [0, 0.1) is 0 Å². The minimum absolute atomic E-state index is 0.120. The summed E-state index contributed by atoms with van der Waals surface area (Å²) in [6.07, 6.45) is 3.38. The summed E-state index contributed by atoms with van der Waals surface area (Å²) in [5.41, 5.74) is 0.406. The molecule has 0 saturated carbocycles. The van der Waals surface area contributed by atoms with Gasteiger partial charge in [0.2, 0.25) is 10.0 Å². The van der Waals surface area contributed by atoms with Gasteiger partial charge in [-0.1, -0.05) is 12.5 Å². The van der Waals surface area contributed by atoms with E-state index in [4.69, 9.17) is 0 Å². The molecule has 1 aromatic rings. The SMILES string of the molecule is O=C(c1cccc(S(=O)(=O)N2CCCC[C@@H]2CO)c1)N1CCC1. The monoisotopic (exact) mass is 338 g/mol. The van der Waals surface area contributed by atoms with Gasteiger partial charge in [0.05, 0.1) is 11.5 Å². The molecular weight excluding hydrogens is 316 g/mol. The standard InChI is InChI=1S/C16H22N2O4S/c19-12-14-6-1-2-10-18(14)23(21,22)15-7-3-5-13(11-15)16(20)17-8-4-9-17/h3,5,7,11,14,19H,1-2,4,6,8-10,12H2/t14-/m1/s1. The van der Waals surface area contributed by atoms with Gasteiger partial charge in [-0.25, -0.2) is 8.42 Å². The quantitative estimate of drug-likeness (QED) is 0.891. The fourth-order valence-electron chi connectivity index (χ4n) is 3.10. The van der Waals surface area contributed by atoms with E-state index in [0.29, 0.717) is 18.5 Å². The molecule has 2 aliphatic rings. The number of piperidine rings is 1. The van der Waals surface area contributed by atoms with E-state index in [1.807, 2.05) is 0 Å². The van der Waals surface area contributed by atoms with Crippen LogP contribution >= 0.6 is 0 Å². The molecule has 0 aliphatic carbocycles. The number of hydrogen-bond donors (Lipinski definition) is 1. The number of sulfonamides is 1. The summed E-state index contributed by atoms with van der Waals surface area (Å²) in [5.74, 6) is -0.120. The maximum atomic E-state index is 12.9. The lowest BCUT2D eigenvalue weighted by molar-refractivity contribution is 0.0651. The summed E-state index contributed by atoms with van der Waals surface area (Å²) in [6.45, 7) is 1.70. The number of likely N-dealkylation sites (tertiary alicyclic amines) is 1. The molecule has 2 saturated heterocycles. The lowest BCUT2D eigenvalue weighted by atomic mass is 10.1. The molecule has 0 aromatic heterocycles. The van der Waals surface area contributed by atoms with Gasteiger partial charge in [-0.15, -0.1) is 0 Å². The highest BCUT2D eigenvalue weighted by Gasteiger charge is 2.33. The Bertz CT molecular complexity index is 685. The van der Waals surface area contributed by atoms with E-state index in [1.165, 1.54) is 16.4 Å². The zero-order valence-electron chi connectivity index (χ0n) is 13.0. The van der Waals surface area contributed by atoms with Crippen molar-refractivity contribution in [3.8, 4) is 0 Å². The number of amides is 1. The van der Waals surface area contributed by atoms with Gasteiger partial charge in [-0.2, -0.15) is 4.31 Å². The highest BCUT2D eigenvalue weighted by atomic mass is 32.2. The molecule has 1 N–H and O–H groups in total. The van der Waals surface area contributed by atoms with E-state index in [9.17, 15) is 18.3 Å². The van der Waals surface area contributed by atoms with Gasteiger partial charge < -0.3 is 10.0 Å². The van der Waals surface area contributed by atoms with Crippen molar-refractivity contribution in [2.75, 3.05) is 26.2 Å². The van der Waals surface area contributed by atoms with E-state index < -0.39 is 10.0 Å². The van der Waals surface area contributed by atoms with Crippen LogP contribution in [0.25, 0.3) is 0 Å². The molecule has 1 amide bonds. The van der Waals surface area contributed by atoms with Crippen LogP contribution in [0.3, 0.4) is 0 Å². The number of rotatable bonds is 4. The summed E-state index contributed by atoms with van der Waals surface area (Å²) < 4.78 is 27.1. The van der Waals surface area contributed by atoms with Gasteiger partial charge in [-0.05, 0) is 37.5 Å². The normalized spacial score (nSPS) is 22.7. The van der Waals surface area contributed by atoms with Crippen molar-refractivity contribution >= 4 is 15.9 Å². The number of aliphatic hydroxyl groups excluding tert-OH is 1. The Kier molecular flexibility index (Phi) is 4.70. The fraction of sp³-hybridized carbons (Fsp3) is 0.562. The average molecular weight is 338 g/mol. The molecule has 0 radical (unpaired) electrons. The number of carbonyl (C=O) groups excluding carboxylic acids is 1. The first-order valence-electron chi connectivity index (χ1n) is 8.06. The molecule has 0 unspecified atom stereocenters. The van der Waals surface area contributed by atoms with Gasteiger partial charge in [0.25, 0.3) is 5.91 Å². The van der Waals surface area contributed by atoms with Crippen LogP contribution in [0.1, 0.15) is 36.0 Å². The van der Waals surface area contributed by atoms with Gasteiger partial charge in [0.1, 0.15) is 0 Å². The smallest absolute Gasteiger partial charge is 0.253 e. The van der Waals surface area contributed by atoms with Crippen LogP contribution in [0.4, 0.5) is 0 Å². The lowest BCUT2D eigenvalue weighted by Crippen LogP contribution is -2.45. The van der Waals surface area contributed by atoms with Crippen LogP contribution in [0.2, 0.25) is 0 Å². The maximum absolute atomic E-state index is 12.9. The third-order valence-electron chi connectivity index (χ3n) is 4.61. The van der Waals surface area contributed by atoms with Crippen LogP contribution in [0.5, 0.6) is 0 Å². The minimum Gasteiger partial charge on any atom is -0.395 e. The molecule has 1 atom stereocenters. The van der Waals surface area contributed by atoms with Crippen molar-refractivity contribution in [1.29, 1.82) is 0 Å². The molecule has 7 heteroatoms. The average Bonchev–Trinajstić information content (AvgIpc) is 2.53. The Morgan fingerprint density at radius 2 is 1.96 bits per heavy atom. The molecule has 2 heterocycles. The van der Waals surface area contributed by atoms with Crippen LogP contribution in [-0.2, 0) is 10.0 Å². The number of carbonyl (C=O) groups is 1. The van der Waals surface area contributed by atoms with Crippen molar-refractivity contribution < 1.29 is 18.3 Å². The zero-order valence-corrected chi connectivity index (χ0v) is 13.8. The van der Waals surface area contributed by atoms with Gasteiger partial charge in [0, 0.05) is 31.2 Å². The van der Waals surface area contributed by atoms with E-state index in [0.717, 1.165) is 32.4 Å². The van der Waals surface area contributed by atoms with E-state index >= 15 is 0 Å². The Balaban J connectivity index is 1.88. The molecule has 6 nitrogen and oxygen atoms in total. The van der Waals surface area contributed by atoms with Crippen molar-refractivity contribution in [2.45, 2.75) is 36.6 Å². The van der Waals surface area contributed by atoms with Crippen LogP contribution < -0.4 is 0 Å². The minimum atomic E-state index is -3.69. The molecule has 126 valence electrons. The predicted molar refractivity (Wildman–Crippen MR) is 85.6 cm³/mol. The van der Waals surface area contributed by atoms with Crippen LogP contribution in [-0.4, -0.2) is 60.9 Å². The molecule has 2 aliphatic heterocycles. The third-order valence-corrected chi connectivity index (χ3v) is 6.56. The Hall–Kier alpha value is -1.44.